The molecule has 2 aromatic heterocycles. The van der Waals surface area contributed by atoms with Crippen molar-refractivity contribution in [2.75, 3.05) is 21.3 Å². The van der Waals surface area contributed by atoms with Gasteiger partial charge in [0.15, 0.2) is 0 Å². The Labute approximate surface area is 155 Å². The lowest BCUT2D eigenvalue weighted by atomic mass is 10.2. The molecule has 3 rings (SSSR count). The van der Waals surface area contributed by atoms with Crippen LogP contribution in [0.3, 0.4) is 0 Å². The van der Waals surface area contributed by atoms with Crippen molar-refractivity contribution in [2.45, 2.75) is 10.8 Å². The summed E-state index contributed by atoms with van der Waals surface area (Å²) in [7, 11) is 0.966. The number of hydrogen-bond donors (Lipinski definition) is 0. The van der Waals surface area contributed by atoms with E-state index in [-0.39, 0.29) is 16.6 Å². The van der Waals surface area contributed by atoms with Crippen LogP contribution in [0.4, 0.5) is 0 Å². The van der Waals surface area contributed by atoms with Gasteiger partial charge >= 0.3 is 0 Å². The van der Waals surface area contributed by atoms with Crippen LogP contribution in [0, 0.1) is 0 Å². The number of ether oxygens (including phenoxy) is 2. The Bertz CT molecular complexity index is 983. The Morgan fingerprint density at radius 2 is 2.04 bits per heavy atom. The van der Waals surface area contributed by atoms with Crippen LogP contribution >= 0.6 is 11.3 Å². The van der Waals surface area contributed by atoms with Crippen LogP contribution in [0.15, 0.2) is 44.4 Å². The molecule has 0 bridgehead atoms. The third-order valence-corrected chi connectivity index (χ3v) is 6.81. The number of aromatic nitrogens is 2. The van der Waals surface area contributed by atoms with E-state index in [2.05, 4.69) is 10.1 Å². The summed E-state index contributed by atoms with van der Waals surface area (Å²) in [4.78, 5) is 4.28. The summed E-state index contributed by atoms with van der Waals surface area (Å²) in [5, 5.41) is 5.63. The molecule has 3 aromatic rings. The second-order valence-electron chi connectivity index (χ2n) is 5.27. The van der Waals surface area contributed by atoms with Gasteiger partial charge < -0.3 is 14.0 Å². The molecular formula is C16H17N3O5S2. The van der Waals surface area contributed by atoms with Gasteiger partial charge in [0.2, 0.25) is 11.7 Å². The lowest BCUT2D eigenvalue weighted by Crippen LogP contribution is -2.25. The fourth-order valence-electron chi connectivity index (χ4n) is 2.25. The predicted octanol–water partition coefficient (Wildman–Crippen LogP) is 2.64. The van der Waals surface area contributed by atoms with Crippen molar-refractivity contribution in [3.63, 3.8) is 0 Å². The number of methoxy groups -OCH3 is 2. The molecule has 0 N–H and O–H groups in total. The highest BCUT2D eigenvalue weighted by Crippen LogP contribution is 2.31. The molecule has 0 amide bonds. The highest BCUT2D eigenvalue weighted by atomic mass is 32.2. The smallest absolute Gasteiger partial charge is 0.252 e. The summed E-state index contributed by atoms with van der Waals surface area (Å²) in [6, 6.07) is 8.45. The average Bonchev–Trinajstić information content (AvgIpc) is 3.33. The second kappa shape index (κ2) is 7.44. The molecule has 0 aliphatic heterocycles. The first kappa shape index (κ1) is 18.4. The zero-order valence-corrected chi connectivity index (χ0v) is 16.0. The van der Waals surface area contributed by atoms with Gasteiger partial charge in [-0.2, -0.15) is 9.29 Å². The Morgan fingerprint density at radius 1 is 1.23 bits per heavy atom. The zero-order chi connectivity index (χ0) is 18.7. The Morgan fingerprint density at radius 3 is 2.69 bits per heavy atom. The molecule has 0 saturated heterocycles. The van der Waals surface area contributed by atoms with Gasteiger partial charge in [-0.25, -0.2) is 8.42 Å². The van der Waals surface area contributed by atoms with E-state index in [0.717, 1.165) is 11.3 Å². The molecule has 8 nitrogen and oxygen atoms in total. The quantitative estimate of drug-likeness (QED) is 0.607. The van der Waals surface area contributed by atoms with Gasteiger partial charge in [0.05, 0.1) is 26.3 Å². The highest BCUT2D eigenvalue weighted by Gasteiger charge is 2.24. The molecule has 0 spiro atoms. The van der Waals surface area contributed by atoms with Crippen LogP contribution in [0.2, 0.25) is 0 Å². The number of rotatable bonds is 7. The minimum atomic E-state index is -3.59. The van der Waals surface area contributed by atoms with Crippen LogP contribution in [0.5, 0.6) is 11.5 Å². The lowest BCUT2D eigenvalue weighted by Gasteiger charge is -2.13. The minimum Gasteiger partial charge on any atom is -0.497 e. The maximum atomic E-state index is 12.5. The monoisotopic (exact) mass is 395 g/mol. The summed E-state index contributed by atoms with van der Waals surface area (Å²) in [5.41, 5.74) is 0.618. The lowest BCUT2D eigenvalue weighted by molar-refractivity contribution is 0.337. The molecule has 0 radical (unpaired) electrons. The van der Waals surface area contributed by atoms with Gasteiger partial charge in [-0.3, -0.25) is 0 Å². The third-order valence-electron chi connectivity index (χ3n) is 3.64. The molecular weight excluding hydrogens is 378 g/mol. The van der Waals surface area contributed by atoms with E-state index in [1.807, 2.05) is 0 Å². The number of nitrogens with zero attached hydrogens (tertiary/aromatic N) is 3. The first-order valence-electron chi connectivity index (χ1n) is 7.50. The summed E-state index contributed by atoms with van der Waals surface area (Å²) in [5.74, 6) is 1.65. The molecule has 0 fully saturated rings. The SMILES string of the molecule is COc1ccc(-c2noc(CN(C)S(=O)(=O)c3cccs3)n2)c(OC)c1. The van der Waals surface area contributed by atoms with Crippen molar-refractivity contribution in [1.82, 2.24) is 14.4 Å². The van der Waals surface area contributed by atoms with Crippen LogP contribution in [0.1, 0.15) is 5.89 Å². The molecule has 0 saturated carbocycles. The molecule has 1 aromatic carbocycles. The maximum Gasteiger partial charge on any atom is 0.252 e. The average molecular weight is 395 g/mol. The van der Waals surface area contributed by atoms with Crippen molar-refractivity contribution in [2.24, 2.45) is 0 Å². The Kier molecular flexibility index (Phi) is 5.25. The highest BCUT2D eigenvalue weighted by molar-refractivity contribution is 7.91. The molecule has 26 heavy (non-hydrogen) atoms. The fourth-order valence-corrected chi connectivity index (χ4v) is 4.57. The van der Waals surface area contributed by atoms with Crippen molar-refractivity contribution < 1.29 is 22.4 Å². The van der Waals surface area contributed by atoms with Gasteiger partial charge in [-0.1, -0.05) is 11.2 Å². The van der Waals surface area contributed by atoms with E-state index in [0.29, 0.717) is 22.9 Å². The van der Waals surface area contributed by atoms with Crippen LogP contribution < -0.4 is 9.47 Å². The van der Waals surface area contributed by atoms with E-state index in [1.54, 1.807) is 42.8 Å². The second-order valence-corrected chi connectivity index (χ2v) is 8.49. The van der Waals surface area contributed by atoms with Gasteiger partial charge in [-0.05, 0) is 23.6 Å². The normalized spacial score (nSPS) is 11.7. The van der Waals surface area contributed by atoms with E-state index in [9.17, 15) is 8.42 Å². The summed E-state index contributed by atoms with van der Waals surface area (Å²) in [6.07, 6.45) is 0. The predicted molar refractivity (Wildman–Crippen MR) is 95.8 cm³/mol. The maximum absolute atomic E-state index is 12.5. The van der Waals surface area contributed by atoms with E-state index in [4.69, 9.17) is 14.0 Å². The standard InChI is InChI=1S/C16H17N3O5S2/c1-19(26(20,21)15-5-4-8-25-15)10-14-17-16(18-24-14)12-7-6-11(22-2)9-13(12)23-3/h4-9H,10H2,1-3H3. The molecule has 0 aliphatic rings. The molecule has 10 heteroatoms. The largest absolute Gasteiger partial charge is 0.497 e. The van der Waals surface area contributed by atoms with Crippen molar-refractivity contribution in [3.8, 4) is 22.9 Å². The Hall–Kier alpha value is -2.43. The first-order chi connectivity index (χ1) is 12.5. The van der Waals surface area contributed by atoms with Gasteiger partial charge in [0.1, 0.15) is 15.7 Å². The zero-order valence-electron chi connectivity index (χ0n) is 14.4. The third kappa shape index (κ3) is 3.57. The van der Waals surface area contributed by atoms with E-state index < -0.39 is 10.0 Å². The van der Waals surface area contributed by atoms with Gasteiger partial charge in [-0.15, -0.1) is 11.3 Å². The number of benzene rings is 1. The molecule has 138 valence electrons. The Balaban J connectivity index is 1.83. The topological polar surface area (TPSA) is 94.8 Å². The molecule has 0 atom stereocenters. The van der Waals surface area contributed by atoms with Crippen molar-refractivity contribution >= 4 is 21.4 Å². The number of hydrogen-bond acceptors (Lipinski definition) is 8. The summed E-state index contributed by atoms with van der Waals surface area (Å²) >= 11 is 1.15. The fraction of sp³-hybridized carbons (Fsp3) is 0.250. The molecule has 0 aliphatic carbocycles. The summed E-state index contributed by atoms with van der Waals surface area (Å²) in [6.45, 7) is -0.0360. The van der Waals surface area contributed by atoms with E-state index in [1.165, 1.54) is 18.5 Å². The van der Waals surface area contributed by atoms with Gasteiger partial charge in [0, 0.05) is 13.1 Å². The van der Waals surface area contributed by atoms with Crippen LogP contribution in [-0.2, 0) is 16.6 Å². The van der Waals surface area contributed by atoms with Crippen molar-refractivity contribution in [1.29, 1.82) is 0 Å². The molecule has 2 heterocycles. The summed E-state index contributed by atoms with van der Waals surface area (Å²) < 4.78 is 42.0. The number of thiophene rings is 1. The molecule has 0 unspecified atom stereocenters. The van der Waals surface area contributed by atoms with Gasteiger partial charge in [0.25, 0.3) is 10.0 Å². The van der Waals surface area contributed by atoms with E-state index >= 15 is 0 Å². The van der Waals surface area contributed by atoms with Crippen LogP contribution in [0.25, 0.3) is 11.4 Å². The van der Waals surface area contributed by atoms with Crippen molar-refractivity contribution in [3.05, 3.63) is 41.6 Å². The minimum absolute atomic E-state index is 0.0360. The number of sulfonamides is 1. The van der Waals surface area contributed by atoms with Crippen LogP contribution in [-0.4, -0.2) is 44.1 Å². The first-order valence-corrected chi connectivity index (χ1v) is 9.82.